The Kier molecular flexibility index (Phi) is 8.77. The third-order valence-electron chi connectivity index (χ3n) is 3.14. The summed E-state index contributed by atoms with van der Waals surface area (Å²) in [7, 11) is 1.59. The smallest absolute Gasteiger partial charge is 0.387 e. The Morgan fingerprint density at radius 1 is 1.22 bits per heavy atom. The molecule has 7 nitrogen and oxygen atoms in total. The summed E-state index contributed by atoms with van der Waals surface area (Å²) >= 11 is 0. The Balaban J connectivity index is 2.64. The number of benzene rings is 1. The average Bonchev–Trinajstić information content (AvgIpc) is 2.55. The summed E-state index contributed by atoms with van der Waals surface area (Å²) in [5.41, 5.74) is 0.468. The fourth-order valence-corrected chi connectivity index (χ4v) is 2.16. The molecule has 1 aromatic carbocycles. The van der Waals surface area contributed by atoms with E-state index in [4.69, 9.17) is 4.74 Å². The third kappa shape index (κ3) is 9.07. The van der Waals surface area contributed by atoms with Crippen LogP contribution >= 0.6 is 0 Å². The minimum absolute atomic E-state index is 0.0167. The zero-order valence-electron chi connectivity index (χ0n) is 16.4. The summed E-state index contributed by atoms with van der Waals surface area (Å²) in [6.45, 7) is 5.28. The van der Waals surface area contributed by atoms with Crippen molar-refractivity contribution < 1.29 is 23.0 Å². The molecule has 0 saturated carbocycles. The topological polar surface area (TPSA) is 84.0 Å². The number of guanidine groups is 1. The number of ether oxygens (including phenoxy) is 2. The van der Waals surface area contributed by atoms with Gasteiger partial charge in [0.1, 0.15) is 0 Å². The van der Waals surface area contributed by atoms with Crippen LogP contribution in [0.2, 0.25) is 0 Å². The van der Waals surface area contributed by atoms with E-state index in [0.717, 1.165) is 5.56 Å². The van der Waals surface area contributed by atoms with Crippen LogP contribution < -0.4 is 25.4 Å². The summed E-state index contributed by atoms with van der Waals surface area (Å²) in [6, 6.07) is 4.70. The lowest BCUT2D eigenvalue weighted by Crippen LogP contribution is -2.48. The Bertz CT molecular complexity index is 646. The van der Waals surface area contributed by atoms with Gasteiger partial charge in [-0.25, -0.2) is 0 Å². The Labute approximate surface area is 158 Å². The number of carbonyl (C=O) groups is 1. The van der Waals surface area contributed by atoms with Gasteiger partial charge in [-0.15, -0.1) is 0 Å². The van der Waals surface area contributed by atoms with Crippen LogP contribution in [-0.4, -0.2) is 44.2 Å². The molecule has 1 amide bonds. The number of hydrogen-bond donors (Lipinski definition) is 3. The normalized spacial score (nSPS) is 11.9. The predicted molar refractivity (Wildman–Crippen MR) is 100 cm³/mol. The van der Waals surface area contributed by atoms with E-state index in [-0.39, 0.29) is 29.5 Å². The first-order valence-corrected chi connectivity index (χ1v) is 8.60. The van der Waals surface area contributed by atoms with Gasteiger partial charge in [-0.05, 0) is 45.4 Å². The van der Waals surface area contributed by atoms with Crippen LogP contribution in [0, 0.1) is 0 Å². The number of hydrogen-bond acceptors (Lipinski definition) is 4. The van der Waals surface area contributed by atoms with Gasteiger partial charge in [0.25, 0.3) is 0 Å². The number of alkyl halides is 2. The van der Waals surface area contributed by atoms with Gasteiger partial charge < -0.3 is 25.4 Å². The lowest BCUT2D eigenvalue weighted by atomic mass is 10.1. The van der Waals surface area contributed by atoms with E-state index < -0.39 is 6.61 Å². The van der Waals surface area contributed by atoms with Gasteiger partial charge in [-0.3, -0.25) is 9.79 Å². The lowest BCUT2D eigenvalue weighted by Gasteiger charge is -2.21. The second-order valence-corrected chi connectivity index (χ2v) is 6.67. The molecule has 27 heavy (non-hydrogen) atoms. The molecule has 0 spiro atoms. The van der Waals surface area contributed by atoms with Crippen LogP contribution in [0.4, 0.5) is 8.78 Å². The van der Waals surface area contributed by atoms with Crippen molar-refractivity contribution in [2.75, 3.05) is 20.2 Å². The maximum atomic E-state index is 12.4. The molecule has 0 heterocycles. The van der Waals surface area contributed by atoms with Crippen molar-refractivity contribution in [3.63, 3.8) is 0 Å². The molecule has 1 aromatic rings. The van der Waals surface area contributed by atoms with Crippen LogP contribution in [0.15, 0.2) is 23.2 Å². The monoisotopic (exact) mass is 386 g/mol. The number of aliphatic imine (C=N–C) groups is 1. The van der Waals surface area contributed by atoms with Crippen LogP contribution in [0.1, 0.15) is 33.3 Å². The van der Waals surface area contributed by atoms with Crippen LogP contribution in [0.25, 0.3) is 0 Å². The molecule has 0 aliphatic carbocycles. The maximum absolute atomic E-state index is 12.4. The molecule has 9 heteroatoms. The fourth-order valence-electron chi connectivity index (χ4n) is 2.16. The minimum atomic E-state index is -2.92. The molecule has 0 fully saturated rings. The van der Waals surface area contributed by atoms with Crippen molar-refractivity contribution in [1.82, 2.24) is 16.0 Å². The number of rotatable bonds is 8. The van der Waals surface area contributed by atoms with Crippen molar-refractivity contribution >= 4 is 11.9 Å². The van der Waals surface area contributed by atoms with Gasteiger partial charge in [0.05, 0.1) is 13.2 Å². The highest BCUT2D eigenvalue weighted by Crippen LogP contribution is 2.29. The second-order valence-electron chi connectivity index (χ2n) is 6.67. The molecule has 152 valence electrons. The Morgan fingerprint density at radius 3 is 2.48 bits per heavy atom. The molecule has 0 saturated heterocycles. The van der Waals surface area contributed by atoms with Gasteiger partial charge >= 0.3 is 6.61 Å². The highest BCUT2D eigenvalue weighted by molar-refractivity contribution is 5.86. The van der Waals surface area contributed by atoms with E-state index in [1.807, 2.05) is 20.8 Å². The molecule has 0 aliphatic rings. The first-order chi connectivity index (χ1) is 12.6. The van der Waals surface area contributed by atoms with Crippen molar-refractivity contribution in [1.29, 1.82) is 0 Å². The second kappa shape index (κ2) is 10.5. The van der Waals surface area contributed by atoms with E-state index in [1.54, 1.807) is 26.1 Å². The Morgan fingerprint density at radius 2 is 1.93 bits per heavy atom. The summed E-state index contributed by atoms with van der Waals surface area (Å²) in [6.07, 6.45) is 0. The molecule has 0 radical (unpaired) electrons. The molecule has 0 unspecified atom stereocenters. The number of halogens is 2. The SMILES string of the molecule is CCOc1cc(CNC(=NC)NCC(=O)NC(C)(C)C)ccc1OC(F)F. The predicted octanol–water partition coefficient (Wildman–Crippen LogP) is 2.27. The summed E-state index contributed by atoms with van der Waals surface area (Å²) in [4.78, 5) is 15.9. The van der Waals surface area contributed by atoms with Gasteiger partial charge in [-0.2, -0.15) is 8.78 Å². The first kappa shape index (κ1) is 22.5. The molecular weight excluding hydrogens is 358 g/mol. The van der Waals surface area contributed by atoms with E-state index in [0.29, 0.717) is 19.1 Å². The minimum Gasteiger partial charge on any atom is -0.490 e. The van der Waals surface area contributed by atoms with Gasteiger partial charge in [0, 0.05) is 19.1 Å². The molecule has 0 aromatic heterocycles. The summed E-state index contributed by atoms with van der Waals surface area (Å²) in [5.74, 6) is 0.504. The highest BCUT2D eigenvalue weighted by atomic mass is 19.3. The standard InChI is InChI=1S/C18H28F2N4O3/c1-6-26-14-9-12(7-8-13(14)27-16(19)20)10-22-17(21-5)23-11-15(25)24-18(2,3)4/h7-9,16H,6,10-11H2,1-5H3,(H,24,25)(H2,21,22,23). The van der Waals surface area contributed by atoms with E-state index in [2.05, 4.69) is 25.7 Å². The zero-order valence-corrected chi connectivity index (χ0v) is 16.4. The van der Waals surface area contributed by atoms with Gasteiger partial charge in [0.15, 0.2) is 17.5 Å². The van der Waals surface area contributed by atoms with Crippen LogP contribution in [0.5, 0.6) is 11.5 Å². The number of carbonyl (C=O) groups excluding carboxylic acids is 1. The van der Waals surface area contributed by atoms with Crippen molar-refractivity contribution in [3.05, 3.63) is 23.8 Å². The maximum Gasteiger partial charge on any atom is 0.387 e. The molecular formula is C18H28F2N4O3. The molecule has 0 aliphatic heterocycles. The van der Waals surface area contributed by atoms with E-state index in [1.165, 1.54) is 6.07 Å². The summed E-state index contributed by atoms with van der Waals surface area (Å²) < 4.78 is 34.7. The van der Waals surface area contributed by atoms with Crippen LogP contribution in [0.3, 0.4) is 0 Å². The molecule has 1 rings (SSSR count). The number of amides is 1. The fraction of sp³-hybridized carbons (Fsp3) is 0.556. The molecule has 0 bridgehead atoms. The molecule has 0 atom stereocenters. The van der Waals surface area contributed by atoms with Crippen molar-refractivity contribution in [2.24, 2.45) is 4.99 Å². The van der Waals surface area contributed by atoms with Gasteiger partial charge in [0.2, 0.25) is 5.91 Å². The van der Waals surface area contributed by atoms with Crippen LogP contribution in [-0.2, 0) is 11.3 Å². The van der Waals surface area contributed by atoms with E-state index >= 15 is 0 Å². The average molecular weight is 386 g/mol. The first-order valence-electron chi connectivity index (χ1n) is 8.60. The Hall–Kier alpha value is -2.58. The largest absolute Gasteiger partial charge is 0.490 e. The lowest BCUT2D eigenvalue weighted by molar-refractivity contribution is -0.121. The molecule has 3 N–H and O–H groups in total. The van der Waals surface area contributed by atoms with E-state index in [9.17, 15) is 13.6 Å². The quantitative estimate of drug-likeness (QED) is 0.472. The van der Waals surface area contributed by atoms with Crippen molar-refractivity contribution in [3.8, 4) is 11.5 Å². The highest BCUT2D eigenvalue weighted by Gasteiger charge is 2.14. The van der Waals surface area contributed by atoms with Crippen molar-refractivity contribution in [2.45, 2.75) is 46.4 Å². The van der Waals surface area contributed by atoms with Gasteiger partial charge in [-0.1, -0.05) is 6.07 Å². The third-order valence-corrected chi connectivity index (χ3v) is 3.14. The number of nitrogens with one attached hydrogen (secondary N) is 3. The number of nitrogens with zero attached hydrogens (tertiary/aromatic N) is 1. The summed E-state index contributed by atoms with van der Waals surface area (Å²) in [5, 5.41) is 8.80. The zero-order chi connectivity index (χ0) is 20.4.